The van der Waals surface area contributed by atoms with Crippen LogP contribution >= 0.6 is 0 Å². The summed E-state index contributed by atoms with van der Waals surface area (Å²) >= 11 is 0. The van der Waals surface area contributed by atoms with E-state index in [1.807, 2.05) is 72.9 Å². The molecule has 2 unspecified atom stereocenters. The Hall–Kier alpha value is -3.00. The first-order valence-electron chi connectivity index (χ1n) is 13.1. The van der Waals surface area contributed by atoms with E-state index in [4.69, 9.17) is 0 Å². The molecule has 4 rings (SSSR count). The molecule has 2 aliphatic rings. The maximum Gasteiger partial charge on any atom is 2.00 e. The van der Waals surface area contributed by atoms with E-state index in [1.54, 1.807) is 0 Å². The van der Waals surface area contributed by atoms with Crippen molar-refractivity contribution in [3.63, 3.8) is 0 Å². The van der Waals surface area contributed by atoms with Crippen molar-refractivity contribution in [3.8, 4) is 0 Å². The number of hydrogen-bond donors (Lipinski definition) is 0. The fourth-order valence-corrected chi connectivity index (χ4v) is 4.06. The van der Waals surface area contributed by atoms with Crippen molar-refractivity contribution in [2.24, 2.45) is 11.8 Å². The zero-order chi connectivity index (χ0) is 25.9. The Labute approximate surface area is 234 Å². The van der Waals surface area contributed by atoms with E-state index in [0.29, 0.717) is 11.8 Å². The van der Waals surface area contributed by atoms with Gasteiger partial charge in [0.2, 0.25) is 0 Å². The summed E-state index contributed by atoms with van der Waals surface area (Å²) in [5.74, 6) is 1.61. The summed E-state index contributed by atoms with van der Waals surface area (Å²) in [6.07, 6.45) is 19.5. The first kappa shape index (κ1) is 30.2. The maximum absolute atomic E-state index is 12.1. The molecule has 0 N–H and O–H groups in total. The number of allylic oxidation sites excluding steroid dienone is 10. The van der Waals surface area contributed by atoms with Crippen LogP contribution in [0.1, 0.15) is 62.8 Å². The molecular formula is C34H38FeO2. The predicted molar refractivity (Wildman–Crippen MR) is 150 cm³/mol. The number of hydrogen-bond acceptors (Lipinski definition) is 2. The smallest absolute Gasteiger partial charge is 0.872 e. The van der Waals surface area contributed by atoms with Crippen LogP contribution < -0.4 is 10.2 Å². The third-order valence-electron chi connectivity index (χ3n) is 6.84. The minimum absolute atomic E-state index is 0. The monoisotopic (exact) mass is 534 g/mol. The first-order valence-corrected chi connectivity index (χ1v) is 13.1. The van der Waals surface area contributed by atoms with E-state index >= 15 is 0 Å². The van der Waals surface area contributed by atoms with Crippen LogP contribution in [0.2, 0.25) is 0 Å². The Bertz CT molecular complexity index is 1050. The molecule has 2 atom stereocenters. The van der Waals surface area contributed by atoms with Gasteiger partial charge in [0, 0.05) is 0 Å². The summed E-state index contributed by atoms with van der Waals surface area (Å²) in [7, 11) is 0. The molecule has 2 aromatic carbocycles. The predicted octanol–water partition coefficient (Wildman–Crippen LogP) is 6.94. The van der Waals surface area contributed by atoms with Gasteiger partial charge in [0.15, 0.2) is 0 Å². The molecule has 0 heterocycles. The summed E-state index contributed by atoms with van der Waals surface area (Å²) < 4.78 is 0. The SMILES string of the molecule is CCC(C)Cc1ccc(C([O-])=C2C=CC=C2)cc1.CCC(C)Cc1ccc(C([O-])=C2C=CC=C2)cc1.[Fe+2]. The largest absolute Gasteiger partial charge is 2.00 e. The van der Waals surface area contributed by atoms with Crippen LogP contribution in [-0.4, -0.2) is 0 Å². The van der Waals surface area contributed by atoms with Crippen molar-refractivity contribution in [2.45, 2.75) is 53.4 Å². The van der Waals surface area contributed by atoms with Crippen molar-refractivity contribution in [2.75, 3.05) is 0 Å². The molecule has 0 aliphatic heterocycles. The molecule has 3 heteroatoms. The Morgan fingerprint density at radius 2 is 0.865 bits per heavy atom. The molecule has 0 bridgehead atoms. The summed E-state index contributed by atoms with van der Waals surface area (Å²) in [6.45, 7) is 8.92. The second-order valence-corrected chi connectivity index (χ2v) is 9.83. The molecular weight excluding hydrogens is 496 g/mol. The minimum atomic E-state index is 0. The molecule has 0 aromatic heterocycles. The normalized spacial score (nSPS) is 14.7. The molecule has 0 amide bonds. The Kier molecular flexibility index (Phi) is 12.5. The van der Waals surface area contributed by atoms with E-state index in [2.05, 4.69) is 52.0 Å². The van der Waals surface area contributed by atoms with Gasteiger partial charge in [-0.1, -0.05) is 149 Å². The van der Waals surface area contributed by atoms with Gasteiger partial charge < -0.3 is 10.2 Å². The van der Waals surface area contributed by atoms with Gasteiger partial charge in [0.1, 0.15) is 0 Å². The van der Waals surface area contributed by atoms with Crippen molar-refractivity contribution < 1.29 is 27.3 Å². The molecule has 2 aromatic rings. The van der Waals surface area contributed by atoms with E-state index < -0.39 is 0 Å². The fraction of sp³-hybridized carbons (Fsp3) is 0.294. The van der Waals surface area contributed by atoms with Crippen LogP contribution in [0.3, 0.4) is 0 Å². The van der Waals surface area contributed by atoms with Gasteiger partial charge in [-0.2, -0.15) is 0 Å². The van der Waals surface area contributed by atoms with Gasteiger partial charge in [0.05, 0.1) is 0 Å². The van der Waals surface area contributed by atoms with E-state index in [9.17, 15) is 10.2 Å². The van der Waals surface area contributed by atoms with Crippen molar-refractivity contribution in [1.29, 1.82) is 0 Å². The van der Waals surface area contributed by atoms with E-state index in [1.165, 1.54) is 24.0 Å². The van der Waals surface area contributed by atoms with Crippen molar-refractivity contribution >= 4 is 11.5 Å². The van der Waals surface area contributed by atoms with Gasteiger partial charge in [-0.15, -0.1) is 0 Å². The van der Waals surface area contributed by atoms with E-state index in [0.717, 1.165) is 35.1 Å². The summed E-state index contributed by atoms with van der Waals surface area (Å²) in [5, 5.41) is 24.2. The molecule has 194 valence electrons. The molecule has 0 fully saturated rings. The summed E-state index contributed by atoms with van der Waals surface area (Å²) in [4.78, 5) is 0. The second-order valence-electron chi connectivity index (χ2n) is 9.83. The average Bonchev–Trinajstić information content (AvgIpc) is 3.64. The average molecular weight is 535 g/mol. The quantitative estimate of drug-likeness (QED) is 0.272. The van der Waals surface area contributed by atoms with E-state index in [-0.39, 0.29) is 28.6 Å². The molecule has 0 radical (unpaired) electrons. The standard InChI is InChI=1S/2C17H20O.Fe/c2*1-3-13(2)12-14-8-10-16(11-9-14)17(18)15-6-4-5-7-15;/h2*4-11,13,18H,3,12H2,1-2H3;/q;;+2/p-2. The minimum Gasteiger partial charge on any atom is -0.872 e. The third-order valence-corrected chi connectivity index (χ3v) is 6.84. The Morgan fingerprint density at radius 1 is 0.568 bits per heavy atom. The topological polar surface area (TPSA) is 46.1 Å². The third kappa shape index (κ3) is 9.11. The second kappa shape index (κ2) is 15.3. The van der Waals surface area contributed by atoms with Gasteiger partial charge in [-0.05, 0) is 58.1 Å². The molecule has 37 heavy (non-hydrogen) atoms. The van der Waals surface area contributed by atoms with Crippen molar-refractivity contribution in [3.05, 3.63) is 131 Å². The molecule has 0 spiro atoms. The van der Waals surface area contributed by atoms with Gasteiger partial charge in [-0.25, -0.2) is 0 Å². The zero-order valence-corrected chi connectivity index (χ0v) is 23.5. The number of rotatable bonds is 8. The Balaban J connectivity index is 0.000000253. The van der Waals surface area contributed by atoms with Gasteiger partial charge in [0.25, 0.3) is 0 Å². The van der Waals surface area contributed by atoms with Gasteiger partial charge >= 0.3 is 17.1 Å². The number of benzene rings is 2. The first-order chi connectivity index (χ1) is 17.4. The van der Waals surface area contributed by atoms with Crippen LogP contribution in [0.5, 0.6) is 0 Å². The van der Waals surface area contributed by atoms with Crippen LogP contribution in [0.25, 0.3) is 11.5 Å². The fourth-order valence-electron chi connectivity index (χ4n) is 4.06. The van der Waals surface area contributed by atoms with Crippen LogP contribution in [0.4, 0.5) is 0 Å². The molecule has 2 nitrogen and oxygen atoms in total. The van der Waals surface area contributed by atoms with Gasteiger partial charge in [-0.3, -0.25) is 0 Å². The summed E-state index contributed by atoms with van der Waals surface area (Å²) in [6, 6.07) is 16.0. The zero-order valence-electron chi connectivity index (χ0n) is 22.4. The van der Waals surface area contributed by atoms with Crippen LogP contribution in [0.15, 0.2) is 108 Å². The summed E-state index contributed by atoms with van der Waals surface area (Å²) in [5.41, 5.74) is 5.70. The molecule has 0 saturated heterocycles. The Morgan fingerprint density at radius 3 is 1.14 bits per heavy atom. The van der Waals surface area contributed by atoms with Crippen LogP contribution in [-0.2, 0) is 29.9 Å². The van der Waals surface area contributed by atoms with Crippen molar-refractivity contribution in [1.82, 2.24) is 0 Å². The maximum atomic E-state index is 12.1. The molecule has 0 saturated carbocycles. The van der Waals surface area contributed by atoms with Crippen LogP contribution in [0, 0.1) is 11.8 Å². The molecule has 2 aliphatic carbocycles.